The zero-order valence-electron chi connectivity index (χ0n) is 14.3. The molecule has 0 aliphatic carbocycles. The van der Waals surface area contributed by atoms with Gasteiger partial charge in [0.05, 0.1) is 39.2 Å². The van der Waals surface area contributed by atoms with Gasteiger partial charge in [0.1, 0.15) is 17.3 Å². The number of fused-ring (bicyclic) bond motifs is 1. The molecule has 25 heavy (non-hydrogen) atoms. The summed E-state index contributed by atoms with van der Waals surface area (Å²) >= 11 is 0. The number of rotatable bonds is 4. The first-order valence-electron chi connectivity index (χ1n) is 8.19. The second-order valence-electron chi connectivity index (χ2n) is 5.76. The number of methoxy groups -OCH3 is 2. The summed E-state index contributed by atoms with van der Waals surface area (Å²) in [5.74, 6) is 2.50. The Balaban J connectivity index is 1.82. The van der Waals surface area contributed by atoms with Gasteiger partial charge in [0, 0.05) is 30.9 Å². The van der Waals surface area contributed by atoms with Crippen molar-refractivity contribution in [3.63, 3.8) is 0 Å². The fourth-order valence-electron chi connectivity index (χ4n) is 3.12. The lowest BCUT2D eigenvalue weighted by molar-refractivity contribution is 0.122. The van der Waals surface area contributed by atoms with Crippen LogP contribution in [0.1, 0.15) is 0 Å². The van der Waals surface area contributed by atoms with E-state index in [4.69, 9.17) is 14.2 Å². The highest BCUT2D eigenvalue weighted by molar-refractivity contribution is 5.82. The summed E-state index contributed by atoms with van der Waals surface area (Å²) in [7, 11) is 3.29. The van der Waals surface area contributed by atoms with Crippen molar-refractivity contribution in [2.24, 2.45) is 0 Å². The molecule has 0 amide bonds. The van der Waals surface area contributed by atoms with E-state index in [1.165, 1.54) is 0 Å². The highest BCUT2D eigenvalue weighted by atomic mass is 16.5. The maximum absolute atomic E-state index is 5.54. The van der Waals surface area contributed by atoms with Crippen molar-refractivity contribution in [3.8, 4) is 22.6 Å². The fourth-order valence-corrected chi connectivity index (χ4v) is 3.12. The van der Waals surface area contributed by atoms with Gasteiger partial charge >= 0.3 is 0 Å². The Labute approximate surface area is 145 Å². The first-order valence-corrected chi connectivity index (χ1v) is 8.19. The Hall–Kier alpha value is -2.80. The Morgan fingerprint density at radius 3 is 2.64 bits per heavy atom. The first kappa shape index (κ1) is 15.7. The van der Waals surface area contributed by atoms with Gasteiger partial charge in [-0.05, 0) is 18.2 Å². The molecule has 0 saturated carbocycles. The summed E-state index contributed by atoms with van der Waals surface area (Å²) in [5.41, 5.74) is 2.66. The van der Waals surface area contributed by atoms with E-state index in [2.05, 4.69) is 15.0 Å². The SMILES string of the molecule is COc1ccc(-c2cnn3c(N4CCOCC4)ccnc23)c(OC)c1. The molecule has 3 aromatic rings. The van der Waals surface area contributed by atoms with E-state index < -0.39 is 0 Å². The van der Waals surface area contributed by atoms with Crippen LogP contribution in [0.15, 0.2) is 36.7 Å². The standard InChI is InChI=1S/C18H20N4O3/c1-23-13-3-4-14(16(11-13)24-2)15-12-20-22-17(5-6-19-18(15)22)21-7-9-25-10-8-21/h3-6,11-12H,7-10H2,1-2H3. The minimum absolute atomic E-state index is 0.726. The topological polar surface area (TPSA) is 61.1 Å². The van der Waals surface area contributed by atoms with Crippen LogP contribution in [0.4, 0.5) is 5.82 Å². The maximum atomic E-state index is 5.54. The van der Waals surface area contributed by atoms with Gasteiger partial charge in [-0.15, -0.1) is 0 Å². The molecule has 1 fully saturated rings. The Morgan fingerprint density at radius 1 is 1.04 bits per heavy atom. The maximum Gasteiger partial charge on any atom is 0.165 e. The van der Waals surface area contributed by atoms with E-state index in [1.807, 2.05) is 41.2 Å². The van der Waals surface area contributed by atoms with Crippen molar-refractivity contribution in [3.05, 3.63) is 36.7 Å². The molecule has 1 aliphatic heterocycles. The van der Waals surface area contributed by atoms with Crippen LogP contribution in [0.2, 0.25) is 0 Å². The van der Waals surface area contributed by atoms with Crippen molar-refractivity contribution in [1.82, 2.24) is 14.6 Å². The van der Waals surface area contributed by atoms with Gasteiger partial charge in [-0.1, -0.05) is 0 Å². The van der Waals surface area contributed by atoms with Crippen molar-refractivity contribution < 1.29 is 14.2 Å². The van der Waals surface area contributed by atoms with Crippen molar-refractivity contribution in [2.75, 3.05) is 45.4 Å². The van der Waals surface area contributed by atoms with Gasteiger partial charge in [0.2, 0.25) is 0 Å². The normalized spacial score (nSPS) is 14.7. The predicted molar refractivity (Wildman–Crippen MR) is 94.6 cm³/mol. The number of nitrogens with zero attached hydrogens (tertiary/aromatic N) is 4. The smallest absolute Gasteiger partial charge is 0.165 e. The molecule has 4 rings (SSSR count). The lowest BCUT2D eigenvalue weighted by Crippen LogP contribution is -2.37. The molecule has 0 bridgehead atoms. The van der Waals surface area contributed by atoms with E-state index in [9.17, 15) is 0 Å². The van der Waals surface area contributed by atoms with Crippen molar-refractivity contribution in [1.29, 1.82) is 0 Å². The predicted octanol–water partition coefficient (Wildman–Crippen LogP) is 2.25. The molecular formula is C18H20N4O3. The number of aromatic nitrogens is 3. The monoisotopic (exact) mass is 340 g/mol. The highest BCUT2D eigenvalue weighted by Gasteiger charge is 2.19. The summed E-state index contributed by atoms with van der Waals surface area (Å²) in [6, 6.07) is 7.73. The minimum Gasteiger partial charge on any atom is -0.497 e. The molecule has 2 aromatic heterocycles. The fraction of sp³-hybridized carbons (Fsp3) is 0.333. The van der Waals surface area contributed by atoms with E-state index in [1.54, 1.807) is 14.2 Å². The molecule has 1 aromatic carbocycles. The quantitative estimate of drug-likeness (QED) is 0.726. The van der Waals surface area contributed by atoms with Gasteiger partial charge in [0.15, 0.2) is 5.65 Å². The molecule has 0 spiro atoms. The molecule has 0 atom stereocenters. The van der Waals surface area contributed by atoms with E-state index in [-0.39, 0.29) is 0 Å². The molecule has 130 valence electrons. The third-order valence-electron chi connectivity index (χ3n) is 4.42. The Bertz CT molecular complexity index is 887. The molecule has 1 saturated heterocycles. The molecule has 3 heterocycles. The number of hydrogen-bond donors (Lipinski definition) is 0. The molecule has 0 unspecified atom stereocenters. The number of morpholine rings is 1. The first-order chi connectivity index (χ1) is 12.3. The van der Waals surface area contributed by atoms with Crippen LogP contribution < -0.4 is 14.4 Å². The average molecular weight is 340 g/mol. The number of benzene rings is 1. The molecular weight excluding hydrogens is 320 g/mol. The largest absolute Gasteiger partial charge is 0.497 e. The lowest BCUT2D eigenvalue weighted by Gasteiger charge is -2.28. The molecule has 0 N–H and O–H groups in total. The number of ether oxygens (including phenoxy) is 3. The molecule has 7 heteroatoms. The number of hydrogen-bond acceptors (Lipinski definition) is 6. The zero-order valence-corrected chi connectivity index (χ0v) is 14.3. The van der Waals surface area contributed by atoms with Gasteiger partial charge in [0.25, 0.3) is 0 Å². The van der Waals surface area contributed by atoms with Crippen LogP contribution >= 0.6 is 0 Å². The second kappa shape index (κ2) is 6.60. The van der Waals surface area contributed by atoms with Crippen LogP contribution in [-0.2, 0) is 4.74 Å². The van der Waals surface area contributed by atoms with Crippen LogP contribution in [0.3, 0.4) is 0 Å². The average Bonchev–Trinajstić information content (AvgIpc) is 3.12. The molecule has 7 nitrogen and oxygen atoms in total. The van der Waals surface area contributed by atoms with E-state index in [0.29, 0.717) is 0 Å². The van der Waals surface area contributed by atoms with Crippen molar-refractivity contribution in [2.45, 2.75) is 0 Å². The minimum atomic E-state index is 0.726. The highest BCUT2D eigenvalue weighted by Crippen LogP contribution is 2.35. The van der Waals surface area contributed by atoms with Gasteiger partial charge in [-0.2, -0.15) is 9.61 Å². The van der Waals surface area contributed by atoms with Crippen molar-refractivity contribution >= 4 is 11.5 Å². The third kappa shape index (κ3) is 2.76. The molecule has 0 radical (unpaired) electrons. The van der Waals surface area contributed by atoms with Crippen LogP contribution in [0.25, 0.3) is 16.8 Å². The Morgan fingerprint density at radius 2 is 1.88 bits per heavy atom. The zero-order chi connectivity index (χ0) is 17.2. The van der Waals surface area contributed by atoms with Crippen LogP contribution in [-0.4, -0.2) is 55.1 Å². The lowest BCUT2D eigenvalue weighted by atomic mass is 10.1. The Kier molecular flexibility index (Phi) is 4.15. The third-order valence-corrected chi connectivity index (χ3v) is 4.42. The summed E-state index contributed by atoms with van der Waals surface area (Å²) in [4.78, 5) is 6.81. The van der Waals surface area contributed by atoms with Crippen LogP contribution in [0.5, 0.6) is 11.5 Å². The van der Waals surface area contributed by atoms with Crippen LogP contribution in [0, 0.1) is 0 Å². The van der Waals surface area contributed by atoms with E-state index in [0.717, 1.165) is 60.4 Å². The summed E-state index contributed by atoms with van der Waals surface area (Å²) < 4.78 is 18.1. The number of anilines is 1. The van der Waals surface area contributed by atoms with Gasteiger partial charge in [-0.25, -0.2) is 4.98 Å². The second-order valence-corrected chi connectivity index (χ2v) is 5.76. The van der Waals surface area contributed by atoms with E-state index >= 15 is 0 Å². The summed E-state index contributed by atoms with van der Waals surface area (Å²) in [5, 5.41) is 4.57. The molecule has 1 aliphatic rings. The van der Waals surface area contributed by atoms with Gasteiger partial charge in [-0.3, -0.25) is 0 Å². The summed E-state index contributed by atoms with van der Waals surface area (Å²) in [6.45, 7) is 3.15. The summed E-state index contributed by atoms with van der Waals surface area (Å²) in [6.07, 6.45) is 3.65. The van der Waals surface area contributed by atoms with Gasteiger partial charge < -0.3 is 19.1 Å².